The normalized spacial score (nSPS) is 21.5. The van der Waals surface area contributed by atoms with Crippen molar-refractivity contribution in [2.45, 2.75) is 47.4 Å². The molecule has 28 heavy (non-hydrogen) atoms. The van der Waals surface area contributed by atoms with Crippen molar-refractivity contribution in [2.24, 2.45) is 0 Å². The van der Waals surface area contributed by atoms with Gasteiger partial charge < -0.3 is 0 Å². The number of rotatable bonds is 6. The van der Waals surface area contributed by atoms with Crippen LogP contribution in [0.4, 0.5) is 0 Å². The van der Waals surface area contributed by atoms with E-state index in [0.29, 0.717) is 13.1 Å². The third-order valence-corrected chi connectivity index (χ3v) is 8.74. The molecule has 0 amide bonds. The van der Waals surface area contributed by atoms with Gasteiger partial charge in [-0.15, -0.1) is 0 Å². The zero-order valence-electron chi connectivity index (χ0n) is 15.5. The number of sulfonamides is 2. The van der Waals surface area contributed by atoms with Gasteiger partial charge in [0.2, 0.25) is 20.0 Å². The van der Waals surface area contributed by atoms with Crippen LogP contribution >= 0.6 is 0 Å². The van der Waals surface area contributed by atoms with Crippen LogP contribution in [0.25, 0.3) is 0 Å². The minimum absolute atomic E-state index is 0.0108. The number of hydrogen-bond donors (Lipinski definition) is 1. The molecule has 2 fully saturated rings. The highest BCUT2D eigenvalue weighted by Crippen LogP contribution is 2.30. The van der Waals surface area contributed by atoms with Gasteiger partial charge in [-0.3, -0.25) is 0 Å². The molecule has 0 unspecified atom stereocenters. The van der Waals surface area contributed by atoms with Crippen molar-refractivity contribution in [2.75, 3.05) is 13.1 Å². The Labute approximate surface area is 166 Å². The Kier molecular flexibility index (Phi) is 5.30. The van der Waals surface area contributed by atoms with E-state index < -0.39 is 20.0 Å². The molecular weight excluding hydrogens is 396 g/mol. The van der Waals surface area contributed by atoms with Gasteiger partial charge in [-0.2, -0.15) is 4.31 Å². The summed E-state index contributed by atoms with van der Waals surface area (Å²) < 4.78 is 54.8. The Hall–Kier alpha value is -1.74. The highest BCUT2D eigenvalue weighted by molar-refractivity contribution is 7.89. The molecule has 2 aliphatic rings. The van der Waals surface area contributed by atoms with Crippen LogP contribution in [0.3, 0.4) is 0 Å². The van der Waals surface area contributed by atoms with Gasteiger partial charge in [-0.05, 0) is 61.4 Å². The first kappa shape index (κ1) is 19.6. The molecule has 0 aromatic heterocycles. The second kappa shape index (κ2) is 7.59. The maximum atomic E-state index is 13.1. The van der Waals surface area contributed by atoms with Crippen LogP contribution < -0.4 is 4.72 Å². The fraction of sp³-hybridized carbons (Fsp3) is 0.400. The van der Waals surface area contributed by atoms with E-state index >= 15 is 0 Å². The molecule has 1 aliphatic heterocycles. The standard InChI is InChI=1S/C20H24N2O4S2/c23-27(24,21-18-8-9-18)19-10-12-20(13-11-19)28(25,26)22-14-4-7-17(15-22)16-5-2-1-3-6-16/h1-3,5-6,10-13,17-18,21H,4,7-9,14-15H2/t17-/m0/s1. The Balaban J connectivity index is 1.52. The molecule has 1 heterocycles. The zero-order valence-corrected chi connectivity index (χ0v) is 17.1. The quantitative estimate of drug-likeness (QED) is 0.779. The molecule has 1 aliphatic carbocycles. The van der Waals surface area contributed by atoms with Crippen LogP contribution in [0.2, 0.25) is 0 Å². The number of benzene rings is 2. The monoisotopic (exact) mass is 420 g/mol. The lowest BCUT2D eigenvalue weighted by Gasteiger charge is -2.32. The Morgan fingerprint density at radius 1 is 0.821 bits per heavy atom. The Morgan fingerprint density at radius 3 is 2.11 bits per heavy atom. The lowest BCUT2D eigenvalue weighted by molar-refractivity contribution is 0.315. The first-order valence-electron chi connectivity index (χ1n) is 9.54. The van der Waals surface area contributed by atoms with Crippen LogP contribution in [0.5, 0.6) is 0 Å². The molecule has 2 aromatic rings. The van der Waals surface area contributed by atoms with Crippen LogP contribution in [0.15, 0.2) is 64.4 Å². The minimum Gasteiger partial charge on any atom is -0.208 e. The van der Waals surface area contributed by atoms with E-state index in [0.717, 1.165) is 31.2 Å². The number of nitrogens with one attached hydrogen (secondary N) is 1. The lowest BCUT2D eigenvalue weighted by atomic mass is 9.92. The van der Waals surface area contributed by atoms with Gasteiger partial charge in [0, 0.05) is 19.1 Å². The van der Waals surface area contributed by atoms with E-state index in [1.165, 1.54) is 28.6 Å². The lowest BCUT2D eigenvalue weighted by Crippen LogP contribution is -2.39. The maximum absolute atomic E-state index is 13.1. The predicted molar refractivity (Wildman–Crippen MR) is 107 cm³/mol. The summed E-state index contributed by atoms with van der Waals surface area (Å²) in [5.74, 6) is 0.173. The van der Waals surface area contributed by atoms with Crippen LogP contribution in [-0.2, 0) is 20.0 Å². The topological polar surface area (TPSA) is 83.5 Å². The van der Waals surface area contributed by atoms with Gasteiger partial charge in [-0.1, -0.05) is 30.3 Å². The second-order valence-corrected chi connectivity index (χ2v) is 11.1. The summed E-state index contributed by atoms with van der Waals surface area (Å²) in [5, 5.41) is 0. The summed E-state index contributed by atoms with van der Waals surface area (Å²) in [4.78, 5) is 0.228. The highest BCUT2D eigenvalue weighted by Gasteiger charge is 2.32. The fourth-order valence-electron chi connectivity index (χ4n) is 3.59. The largest absolute Gasteiger partial charge is 0.243 e. The average Bonchev–Trinajstić information content (AvgIpc) is 3.52. The van der Waals surface area contributed by atoms with Crippen LogP contribution in [0, 0.1) is 0 Å². The van der Waals surface area contributed by atoms with E-state index in [1.54, 1.807) is 0 Å². The van der Waals surface area contributed by atoms with Crippen molar-refractivity contribution in [3.63, 3.8) is 0 Å². The van der Waals surface area contributed by atoms with Gasteiger partial charge in [0.05, 0.1) is 9.79 Å². The summed E-state index contributed by atoms with van der Waals surface area (Å²) in [6.45, 7) is 0.921. The van der Waals surface area contributed by atoms with E-state index in [9.17, 15) is 16.8 Å². The zero-order chi connectivity index (χ0) is 19.8. The number of hydrogen-bond acceptors (Lipinski definition) is 4. The molecule has 6 nitrogen and oxygen atoms in total. The van der Waals surface area contributed by atoms with Gasteiger partial charge in [0.25, 0.3) is 0 Å². The molecule has 1 saturated carbocycles. The third-order valence-electron chi connectivity index (χ3n) is 5.33. The molecule has 1 atom stereocenters. The Bertz CT molecular complexity index is 1030. The number of piperidine rings is 1. The third kappa shape index (κ3) is 4.15. The van der Waals surface area contributed by atoms with Gasteiger partial charge in [0.15, 0.2) is 0 Å². The Morgan fingerprint density at radius 2 is 1.46 bits per heavy atom. The van der Waals surface area contributed by atoms with E-state index in [4.69, 9.17) is 0 Å². The summed E-state index contributed by atoms with van der Waals surface area (Å²) >= 11 is 0. The predicted octanol–water partition coefficient (Wildman–Crippen LogP) is 2.70. The molecule has 8 heteroatoms. The van der Waals surface area contributed by atoms with Gasteiger partial charge in [-0.25, -0.2) is 21.6 Å². The average molecular weight is 421 g/mol. The summed E-state index contributed by atoms with van der Waals surface area (Å²) in [7, 11) is -7.25. The highest BCUT2D eigenvalue weighted by atomic mass is 32.2. The second-order valence-electron chi connectivity index (χ2n) is 7.48. The van der Waals surface area contributed by atoms with E-state index in [-0.39, 0.29) is 21.8 Å². The molecule has 0 spiro atoms. The first-order valence-corrected chi connectivity index (χ1v) is 12.5. The summed E-state index contributed by atoms with van der Waals surface area (Å²) in [6, 6.07) is 15.5. The molecule has 150 valence electrons. The van der Waals surface area contributed by atoms with Crippen molar-refractivity contribution in [3.05, 3.63) is 60.2 Å². The first-order chi connectivity index (χ1) is 13.4. The number of nitrogens with zero attached hydrogens (tertiary/aromatic N) is 1. The maximum Gasteiger partial charge on any atom is 0.243 e. The van der Waals surface area contributed by atoms with Crippen molar-refractivity contribution < 1.29 is 16.8 Å². The summed E-state index contributed by atoms with van der Waals surface area (Å²) in [5.41, 5.74) is 1.15. The SMILES string of the molecule is O=S(=O)(NC1CC1)c1ccc(S(=O)(=O)N2CCC[C@H](c3ccccc3)C2)cc1. The van der Waals surface area contributed by atoms with Crippen molar-refractivity contribution in [1.82, 2.24) is 9.03 Å². The minimum atomic E-state index is -3.66. The smallest absolute Gasteiger partial charge is 0.208 e. The molecule has 0 radical (unpaired) electrons. The molecule has 2 aromatic carbocycles. The van der Waals surface area contributed by atoms with E-state index in [1.807, 2.05) is 30.3 Å². The van der Waals surface area contributed by atoms with Crippen molar-refractivity contribution in [3.8, 4) is 0 Å². The molecule has 4 rings (SSSR count). The molecular formula is C20H24N2O4S2. The van der Waals surface area contributed by atoms with Gasteiger partial charge in [0.1, 0.15) is 0 Å². The molecule has 0 bridgehead atoms. The molecule has 1 saturated heterocycles. The summed E-state index contributed by atoms with van der Waals surface area (Å²) in [6.07, 6.45) is 3.46. The molecule has 1 N–H and O–H groups in total. The van der Waals surface area contributed by atoms with E-state index in [2.05, 4.69) is 4.72 Å². The van der Waals surface area contributed by atoms with Crippen LogP contribution in [-0.4, -0.2) is 40.3 Å². The van der Waals surface area contributed by atoms with Crippen LogP contribution in [0.1, 0.15) is 37.2 Å². The fourth-order valence-corrected chi connectivity index (χ4v) is 6.42. The van der Waals surface area contributed by atoms with Crippen molar-refractivity contribution >= 4 is 20.0 Å². The van der Waals surface area contributed by atoms with Crippen molar-refractivity contribution in [1.29, 1.82) is 0 Å². The van der Waals surface area contributed by atoms with Gasteiger partial charge >= 0.3 is 0 Å².